The topological polar surface area (TPSA) is 75.7 Å². The molecule has 156 valence electrons. The summed E-state index contributed by atoms with van der Waals surface area (Å²) in [6.07, 6.45) is 3.84. The number of sulfonamides is 1. The number of aryl methyl sites for hydroxylation is 1. The van der Waals surface area contributed by atoms with Gasteiger partial charge in [-0.1, -0.05) is 36.6 Å². The first-order valence-electron chi connectivity index (χ1n) is 9.65. The van der Waals surface area contributed by atoms with Crippen LogP contribution >= 0.6 is 11.6 Å². The van der Waals surface area contributed by atoms with E-state index in [2.05, 4.69) is 5.32 Å². The molecule has 0 radical (unpaired) electrons. The van der Waals surface area contributed by atoms with E-state index >= 15 is 0 Å². The summed E-state index contributed by atoms with van der Waals surface area (Å²) < 4.78 is 33.2. The van der Waals surface area contributed by atoms with Gasteiger partial charge < -0.3 is 10.1 Å². The maximum absolute atomic E-state index is 13.1. The Balaban J connectivity index is 1.70. The predicted molar refractivity (Wildman–Crippen MR) is 114 cm³/mol. The number of rotatable bonds is 6. The van der Waals surface area contributed by atoms with Crippen molar-refractivity contribution in [3.8, 4) is 5.75 Å². The lowest BCUT2D eigenvalue weighted by Gasteiger charge is -2.21. The molecule has 0 saturated carbocycles. The molecule has 0 aliphatic carbocycles. The molecule has 6 nitrogen and oxygen atoms in total. The van der Waals surface area contributed by atoms with Crippen LogP contribution in [-0.4, -0.2) is 38.3 Å². The van der Waals surface area contributed by atoms with Gasteiger partial charge in [0.1, 0.15) is 5.75 Å². The van der Waals surface area contributed by atoms with Gasteiger partial charge in [-0.3, -0.25) is 4.79 Å². The Bertz CT molecular complexity index is 970. The van der Waals surface area contributed by atoms with E-state index in [1.807, 2.05) is 0 Å². The highest BCUT2D eigenvalue weighted by Gasteiger charge is 2.27. The van der Waals surface area contributed by atoms with E-state index in [9.17, 15) is 13.2 Å². The fraction of sp³-hybridized carbons (Fsp3) is 0.381. The fourth-order valence-corrected chi connectivity index (χ4v) is 5.23. The molecular weight excluding hydrogens is 412 g/mol. The van der Waals surface area contributed by atoms with E-state index in [1.165, 1.54) is 6.07 Å². The van der Waals surface area contributed by atoms with E-state index in [-0.39, 0.29) is 17.4 Å². The number of ether oxygens (including phenoxy) is 1. The summed E-state index contributed by atoms with van der Waals surface area (Å²) in [7, 11) is -3.60. The van der Waals surface area contributed by atoms with Crippen molar-refractivity contribution in [2.75, 3.05) is 25.0 Å². The van der Waals surface area contributed by atoms with Crippen molar-refractivity contribution < 1.29 is 17.9 Å². The molecule has 1 aliphatic rings. The maximum Gasteiger partial charge on any atom is 0.262 e. The van der Waals surface area contributed by atoms with Crippen LogP contribution in [0.1, 0.15) is 31.2 Å². The monoisotopic (exact) mass is 436 g/mol. The number of benzene rings is 2. The zero-order chi connectivity index (χ0) is 20.9. The number of hydrogen-bond acceptors (Lipinski definition) is 4. The third-order valence-electron chi connectivity index (χ3n) is 4.82. The van der Waals surface area contributed by atoms with Crippen molar-refractivity contribution in [1.82, 2.24) is 4.31 Å². The molecule has 8 heteroatoms. The lowest BCUT2D eigenvalue weighted by atomic mass is 10.2. The summed E-state index contributed by atoms with van der Waals surface area (Å²) in [6, 6.07) is 11.7. The summed E-state index contributed by atoms with van der Waals surface area (Å²) >= 11 is 5.90. The Morgan fingerprint density at radius 2 is 1.83 bits per heavy atom. The third-order valence-corrected chi connectivity index (χ3v) is 7.10. The molecule has 0 unspecified atom stereocenters. The average molecular weight is 437 g/mol. The maximum atomic E-state index is 13.1. The highest BCUT2D eigenvalue weighted by atomic mass is 35.5. The first kappa shape index (κ1) is 21.6. The normalized spacial score (nSPS) is 15.5. The van der Waals surface area contributed by atoms with Gasteiger partial charge in [-0.25, -0.2) is 8.42 Å². The minimum absolute atomic E-state index is 0.206. The molecule has 0 aromatic heterocycles. The van der Waals surface area contributed by atoms with Crippen molar-refractivity contribution in [2.45, 2.75) is 37.5 Å². The second kappa shape index (κ2) is 9.61. The van der Waals surface area contributed by atoms with Crippen LogP contribution in [0.5, 0.6) is 5.75 Å². The molecule has 29 heavy (non-hydrogen) atoms. The van der Waals surface area contributed by atoms with E-state index in [4.69, 9.17) is 16.3 Å². The lowest BCUT2D eigenvalue weighted by Crippen LogP contribution is -2.32. The molecule has 1 amide bonds. The van der Waals surface area contributed by atoms with Crippen LogP contribution in [0, 0.1) is 6.92 Å². The quantitative estimate of drug-likeness (QED) is 0.735. The van der Waals surface area contributed by atoms with Gasteiger partial charge in [0, 0.05) is 23.8 Å². The number of amides is 1. The largest absolute Gasteiger partial charge is 0.484 e. The van der Waals surface area contributed by atoms with Crippen LogP contribution in [0.3, 0.4) is 0 Å². The first-order valence-corrected chi connectivity index (χ1v) is 11.5. The molecule has 2 aromatic rings. The second-order valence-corrected chi connectivity index (χ2v) is 9.44. The Kier molecular flexibility index (Phi) is 7.16. The van der Waals surface area contributed by atoms with Crippen LogP contribution in [0.25, 0.3) is 0 Å². The number of carbonyl (C=O) groups excluding carboxylic acids is 1. The van der Waals surface area contributed by atoms with Crippen molar-refractivity contribution in [3.63, 3.8) is 0 Å². The molecule has 1 aliphatic heterocycles. The Morgan fingerprint density at radius 1 is 1.10 bits per heavy atom. The number of nitrogens with zero attached hydrogens (tertiary/aromatic N) is 1. The average Bonchev–Trinajstić information content (AvgIpc) is 2.98. The molecular formula is C21H25ClN2O4S. The minimum Gasteiger partial charge on any atom is -0.484 e. The highest BCUT2D eigenvalue weighted by molar-refractivity contribution is 7.89. The van der Waals surface area contributed by atoms with Gasteiger partial charge >= 0.3 is 0 Å². The number of anilines is 1. The van der Waals surface area contributed by atoms with Crippen LogP contribution in [-0.2, 0) is 14.8 Å². The number of hydrogen-bond donors (Lipinski definition) is 1. The summed E-state index contributed by atoms with van der Waals surface area (Å²) in [6.45, 7) is 2.62. The van der Waals surface area contributed by atoms with Gasteiger partial charge in [-0.05, 0) is 55.7 Å². The van der Waals surface area contributed by atoms with Crippen molar-refractivity contribution in [1.29, 1.82) is 0 Å². The van der Waals surface area contributed by atoms with Gasteiger partial charge in [0.2, 0.25) is 10.0 Å². The second-order valence-electron chi connectivity index (χ2n) is 7.09. The Hall–Kier alpha value is -2.09. The summed E-state index contributed by atoms with van der Waals surface area (Å²) in [5.74, 6) is 0.105. The van der Waals surface area contributed by atoms with Crippen LogP contribution in [0.2, 0.25) is 5.02 Å². The molecule has 1 heterocycles. The molecule has 3 rings (SSSR count). The van der Waals surface area contributed by atoms with Crippen molar-refractivity contribution in [3.05, 3.63) is 53.1 Å². The third kappa shape index (κ3) is 5.72. The number of nitrogens with one attached hydrogen (secondary N) is 1. The molecule has 1 saturated heterocycles. The van der Waals surface area contributed by atoms with Gasteiger partial charge in [0.05, 0.1) is 4.90 Å². The summed E-state index contributed by atoms with van der Waals surface area (Å²) in [5.41, 5.74) is 1.08. The van der Waals surface area contributed by atoms with E-state index in [0.29, 0.717) is 35.1 Å². The highest BCUT2D eigenvalue weighted by Crippen LogP contribution is 2.26. The van der Waals surface area contributed by atoms with Gasteiger partial charge in [0.25, 0.3) is 5.91 Å². The Morgan fingerprint density at radius 3 is 2.52 bits per heavy atom. The van der Waals surface area contributed by atoms with Crippen molar-refractivity contribution in [2.24, 2.45) is 0 Å². The van der Waals surface area contributed by atoms with Gasteiger partial charge in [-0.2, -0.15) is 4.31 Å². The van der Waals surface area contributed by atoms with E-state index < -0.39 is 10.0 Å². The smallest absolute Gasteiger partial charge is 0.262 e. The fourth-order valence-electron chi connectivity index (χ4n) is 3.28. The van der Waals surface area contributed by atoms with Crippen LogP contribution < -0.4 is 10.1 Å². The summed E-state index contributed by atoms with van der Waals surface area (Å²) in [5, 5.41) is 3.22. The summed E-state index contributed by atoms with van der Waals surface area (Å²) in [4.78, 5) is 12.5. The number of carbonyl (C=O) groups is 1. The van der Waals surface area contributed by atoms with E-state index in [0.717, 1.165) is 25.7 Å². The lowest BCUT2D eigenvalue weighted by molar-refractivity contribution is -0.118. The van der Waals surface area contributed by atoms with E-state index in [1.54, 1.807) is 47.6 Å². The van der Waals surface area contributed by atoms with Gasteiger partial charge in [0.15, 0.2) is 6.61 Å². The molecule has 0 atom stereocenters. The molecule has 1 N–H and O–H groups in total. The van der Waals surface area contributed by atoms with Gasteiger partial charge in [-0.15, -0.1) is 0 Å². The minimum atomic E-state index is -3.60. The molecule has 0 bridgehead atoms. The van der Waals surface area contributed by atoms with Crippen molar-refractivity contribution >= 4 is 33.2 Å². The first-order chi connectivity index (χ1) is 13.9. The SMILES string of the molecule is Cc1ccc(NC(=O)COc2cccc(Cl)c2)cc1S(=O)(=O)N1CCCCCC1. The molecule has 0 spiro atoms. The number of halogens is 1. The van der Waals surface area contributed by atoms with Crippen LogP contribution in [0.4, 0.5) is 5.69 Å². The molecule has 2 aromatic carbocycles. The standard InChI is InChI=1S/C21H25ClN2O4S/c1-16-9-10-18(23-21(25)15-28-19-8-6-7-17(22)13-19)14-20(16)29(26,27)24-11-4-2-3-5-12-24/h6-10,13-14H,2-5,11-12,15H2,1H3,(H,23,25). The predicted octanol–water partition coefficient (Wildman–Crippen LogP) is 4.23. The zero-order valence-electron chi connectivity index (χ0n) is 16.4. The Labute approximate surface area is 176 Å². The van der Waals surface area contributed by atoms with Crippen LogP contribution in [0.15, 0.2) is 47.4 Å². The molecule has 1 fully saturated rings. The zero-order valence-corrected chi connectivity index (χ0v) is 17.9.